The number of hydrogen-bond donors (Lipinski definition) is 1. The van der Waals surface area contributed by atoms with E-state index in [9.17, 15) is 26.7 Å². The molecule has 0 rings (SSSR count). The third-order valence-corrected chi connectivity index (χ3v) is 3.90. The molecule has 0 aromatic rings. The standard InChI is InChI=1S/C12H19F5O2S/c1-8(2)7-9(10(18)19)20-6-4-3-5-11(13,14)12(15,16)17/h8-9H,3-7H2,1-2H3,(H,18,19). The van der Waals surface area contributed by atoms with Crippen LogP contribution in [-0.2, 0) is 4.79 Å². The number of halogens is 5. The lowest BCUT2D eigenvalue weighted by Crippen LogP contribution is -2.36. The maximum atomic E-state index is 12.6. The fraction of sp³-hybridized carbons (Fsp3) is 0.917. The molecule has 0 saturated carbocycles. The second kappa shape index (κ2) is 8.05. The first-order valence-corrected chi connectivity index (χ1v) is 7.31. The molecule has 0 aliphatic heterocycles. The minimum Gasteiger partial charge on any atom is -0.480 e. The van der Waals surface area contributed by atoms with E-state index < -0.39 is 29.7 Å². The molecule has 0 fully saturated rings. The van der Waals surface area contributed by atoms with Crippen molar-refractivity contribution in [2.75, 3.05) is 5.75 Å². The van der Waals surface area contributed by atoms with E-state index in [1.807, 2.05) is 13.8 Å². The van der Waals surface area contributed by atoms with Gasteiger partial charge in [-0.3, -0.25) is 4.79 Å². The lowest BCUT2D eigenvalue weighted by molar-refractivity contribution is -0.284. The van der Waals surface area contributed by atoms with Crippen LogP contribution in [0.1, 0.15) is 39.5 Å². The van der Waals surface area contributed by atoms with Gasteiger partial charge in [-0.25, -0.2) is 0 Å². The number of carboxylic acid groups (broad SMARTS) is 1. The van der Waals surface area contributed by atoms with Crippen LogP contribution in [0.5, 0.6) is 0 Å². The number of carboxylic acids is 1. The van der Waals surface area contributed by atoms with Crippen LogP contribution in [0.15, 0.2) is 0 Å². The van der Waals surface area contributed by atoms with Gasteiger partial charge < -0.3 is 5.11 Å². The topological polar surface area (TPSA) is 37.3 Å². The summed E-state index contributed by atoms with van der Waals surface area (Å²) in [5.74, 6) is -5.21. The minimum atomic E-state index is -5.51. The average Bonchev–Trinajstić information content (AvgIpc) is 2.24. The number of carbonyl (C=O) groups is 1. The van der Waals surface area contributed by atoms with Gasteiger partial charge >= 0.3 is 18.1 Å². The monoisotopic (exact) mass is 322 g/mol. The van der Waals surface area contributed by atoms with Gasteiger partial charge in [-0.2, -0.15) is 22.0 Å². The summed E-state index contributed by atoms with van der Waals surface area (Å²) in [4.78, 5) is 10.9. The summed E-state index contributed by atoms with van der Waals surface area (Å²) in [5, 5.41) is 8.28. The molecule has 1 N–H and O–H groups in total. The molecular formula is C12H19F5O2S. The molecule has 0 aliphatic rings. The van der Waals surface area contributed by atoms with Crippen molar-refractivity contribution < 1.29 is 31.9 Å². The van der Waals surface area contributed by atoms with E-state index in [0.717, 1.165) is 11.8 Å². The highest BCUT2D eigenvalue weighted by Crippen LogP contribution is 2.39. The summed E-state index contributed by atoms with van der Waals surface area (Å²) in [7, 11) is 0. The quantitative estimate of drug-likeness (QED) is 0.498. The van der Waals surface area contributed by atoms with Gasteiger partial charge in [0.05, 0.1) is 0 Å². The van der Waals surface area contributed by atoms with E-state index in [1.165, 1.54) is 0 Å². The molecule has 0 aromatic carbocycles. The second-order valence-electron chi connectivity index (χ2n) is 4.99. The van der Waals surface area contributed by atoms with Crippen molar-refractivity contribution in [3.63, 3.8) is 0 Å². The zero-order chi connectivity index (χ0) is 16.0. The van der Waals surface area contributed by atoms with Gasteiger partial charge in [0.25, 0.3) is 0 Å². The highest BCUT2D eigenvalue weighted by atomic mass is 32.2. The van der Waals surface area contributed by atoms with Gasteiger partial charge in [0.2, 0.25) is 0 Å². The molecule has 0 saturated heterocycles. The molecule has 0 amide bonds. The van der Waals surface area contributed by atoms with E-state index in [0.29, 0.717) is 6.42 Å². The fourth-order valence-electron chi connectivity index (χ4n) is 1.48. The van der Waals surface area contributed by atoms with E-state index in [1.54, 1.807) is 0 Å². The lowest BCUT2D eigenvalue weighted by atomic mass is 10.1. The molecule has 1 unspecified atom stereocenters. The zero-order valence-corrected chi connectivity index (χ0v) is 12.2. The van der Waals surface area contributed by atoms with Crippen LogP contribution in [0, 0.1) is 5.92 Å². The zero-order valence-electron chi connectivity index (χ0n) is 11.3. The van der Waals surface area contributed by atoms with Crippen molar-refractivity contribution in [1.29, 1.82) is 0 Å². The number of thioether (sulfide) groups is 1. The van der Waals surface area contributed by atoms with E-state index in [2.05, 4.69) is 0 Å². The van der Waals surface area contributed by atoms with Crippen LogP contribution < -0.4 is 0 Å². The Bertz CT molecular complexity index is 305. The summed E-state index contributed by atoms with van der Waals surface area (Å²) >= 11 is 1.09. The number of rotatable bonds is 9. The van der Waals surface area contributed by atoms with Crippen LogP contribution in [0.3, 0.4) is 0 Å². The van der Waals surface area contributed by atoms with Crippen LogP contribution >= 0.6 is 11.8 Å². The molecule has 20 heavy (non-hydrogen) atoms. The Hall–Kier alpha value is -0.530. The summed E-state index contributed by atoms with van der Waals surface area (Å²) < 4.78 is 60.8. The smallest absolute Gasteiger partial charge is 0.453 e. The van der Waals surface area contributed by atoms with Gasteiger partial charge in [0.1, 0.15) is 5.25 Å². The molecule has 0 aliphatic carbocycles. The van der Waals surface area contributed by atoms with Crippen molar-refractivity contribution in [2.45, 2.75) is 56.9 Å². The van der Waals surface area contributed by atoms with E-state index in [4.69, 9.17) is 5.11 Å². The molecular weight excluding hydrogens is 303 g/mol. The van der Waals surface area contributed by atoms with Crippen molar-refractivity contribution in [2.24, 2.45) is 5.92 Å². The summed E-state index contributed by atoms with van der Waals surface area (Å²) in [5.41, 5.74) is 0. The second-order valence-corrected chi connectivity index (χ2v) is 6.30. The number of aliphatic carboxylic acids is 1. The lowest BCUT2D eigenvalue weighted by Gasteiger charge is -2.19. The molecule has 1 atom stereocenters. The highest BCUT2D eigenvalue weighted by molar-refractivity contribution is 8.00. The van der Waals surface area contributed by atoms with Crippen LogP contribution in [0.2, 0.25) is 0 Å². The third-order valence-electron chi connectivity index (χ3n) is 2.58. The molecule has 0 heterocycles. The first kappa shape index (κ1) is 19.5. The molecule has 120 valence electrons. The predicted molar refractivity (Wildman–Crippen MR) is 68.2 cm³/mol. The van der Waals surface area contributed by atoms with Crippen LogP contribution in [-0.4, -0.2) is 34.2 Å². The van der Waals surface area contributed by atoms with Crippen molar-refractivity contribution in [3.8, 4) is 0 Å². The molecule has 0 aromatic heterocycles. The Morgan fingerprint density at radius 3 is 2.10 bits per heavy atom. The van der Waals surface area contributed by atoms with Gasteiger partial charge in [-0.05, 0) is 30.9 Å². The van der Waals surface area contributed by atoms with Gasteiger partial charge in [-0.1, -0.05) is 13.8 Å². The van der Waals surface area contributed by atoms with E-state index in [-0.39, 0.29) is 24.5 Å². The van der Waals surface area contributed by atoms with E-state index >= 15 is 0 Å². The Kier molecular flexibility index (Phi) is 7.83. The van der Waals surface area contributed by atoms with Crippen LogP contribution in [0.25, 0.3) is 0 Å². The number of alkyl halides is 5. The normalized spacial score (nSPS) is 14.6. The Morgan fingerprint density at radius 1 is 1.15 bits per heavy atom. The molecule has 0 radical (unpaired) electrons. The maximum Gasteiger partial charge on any atom is 0.453 e. The molecule has 2 nitrogen and oxygen atoms in total. The SMILES string of the molecule is CC(C)CC(SCCCCC(F)(F)C(F)(F)F)C(=O)O. The first-order chi connectivity index (χ1) is 8.97. The van der Waals surface area contributed by atoms with Crippen molar-refractivity contribution in [3.05, 3.63) is 0 Å². The Morgan fingerprint density at radius 2 is 1.70 bits per heavy atom. The summed E-state index contributed by atoms with van der Waals surface area (Å²) in [6.07, 6.45) is -6.47. The molecule has 8 heteroatoms. The van der Waals surface area contributed by atoms with Gasteiger partial charge in [-0.15, -0.1) is 11.8 Å². The summed E-state index contributed by atoms with van der Waals surface area (Å²) in [6.45, 7) is 3.72. The largest absolute Gasteiger partial charge is 0.480 e. The maximum absolute atomic E-state index is 12.6. The first-order valence-electron chi connectivity index (χ1n) is 6.26. The minimum absolute atomic E-state index is 0.137. The number of hydrogen-bond acceptors (Lipinski definition) is 2. The van der Waals surface area contributed by atoms with Crippen molar-refractivity contribution >= 4 is 17.7 Å². The highest BCUT2D eigenvalue weighted by Gasteiger charge is 2.56. The van der Waals surface area contributed by atoms with Crippen LogP contribution in [0.4, 0.5) is 22.0 Å². The van der Waals surface area contributed by atoms with Gasteiger partial charge in [0, 0.05) is 6.42 Å². The fourth-order valence-corrected chi connectivity index (χ4v) is 2.80. The molecule has 0 spiro atoms. The Balaban J connectivity index is 3.99. The molecule has 0 bridgehead atoms. The summed E-state index contributed by atoms with van der Waals surface area (Å²) in [6, 6.07) is 0. The van der Waals surface area contributed by atoms with Gasteiger partial charge in [0.15, 0.2) is 0 Å². The number of unbranched alkanes of at least 4 members (excludes halogenated alkanes) is 1. The third kappa shape index (κ3) is 7.31. The predicted octanol–water partition coefficient (Wildman–Crippen LogP) is 4.59. The Labute approximate surface area is 119 Å². The van der Waals surface area contributed by atoms with Crippen molar-refractivity contribution in [1.82, 2.24) is 0 Å². The average molecular weight is 322 g/mol.